The van der Waals surface area contributed by atoms with Gasteiger partial charge in [0.2, 0.25) is 0 Å². The van der Waals surface area contributed by atoms with Gasteiger partial charge in [0.15, 0.2) is 0 Å². The number of hydrogen-bond donors (Lipinski definition) is 0. The molecule has 0 aliphatic rings. The van der Waals surface area contributed by atoms with Gasteiger partial charge in [0.25, 0.3) is 0 Å². The van der Waals surface area contributed by atoms with Crippen molar-refractivity contribution in [3.63, 3.8) is 0 Å². The fraction of sp³-hybridized carbons (Fsp3) is 0. The number of allylic oxidation sites excluding steroid dienone is 2. The maximum atomic E-state index is 5.34. The molecule has 0 unspecified atom stereocenters. The molecule has 80 valence electrons. The zero-order chi connectivity index (χ0) is 11.5. The Morgan fingerprint density at radius 2 is 1.71 bits per heavy atom. The number of hydrogen-bond acceptors (Lipinski definition) is 0. The predicted molar refractivity (Wildman–Crippen MR) is 80.6 cm³/mol. The van der Waals surface area contributed by atoms with Crippen LogP contribution in [0.15, 0.2) is 36.4 Å². The minimum Gasteiger partial charge on any atom is -0.697 e. The van der Waals surface area contributed by atoms with Crippen molar-refractivity contribution in [3.05, 3.63) is 54.8 Å². The first kappa shape index (κ1) is 21.1. The van der Waals surface area contributed by atoms with E-state index in [1.54, 1.807) is 12.5 Å². The molecule has 0 atom stereocenters. The Balaban J connectivity index is -0.000000464. The molecule has 0 heterocycles. The van der Waals surface area contributed by atoms with E-state index >= 15 is 0 Å². The quantitative estimate of drug-likeness (QED) is 0.447. The van der Waals surface area contributed by atoms with Crippen molar-refractivity contribution in [2.24, 2.45) is 0 Å². The molecular weight excluding hydrogens is 284 g/mol. The van der Waals surface area contributed by atoms with Gasteiger partial charge < -0.3 is 12.8 Å². The van der Waals surface area contributed by atoms with Crippen molar-refractivity contribution in [1.82, 2.24) is 0 Å². The molecule has 0 radical (unpaired) electrons. The first-order chi connectivity index (χ1) is 7.38. The molecule has 0 amide bonds. The van der Waals surface area contributed by atoms with Gasteiger partial charge in [-0.05, 0) is 0 Å². The second kappa shape index (κ2) is 14.8. The summed E-state index contributed by atoms with van der Waals surface area (Å²) in [7, 11) is 0. The Kier molecular flexibility index (Phi) is 18.3. The fourth-order valence-corrected chi connectivity index (χ4v) is 0.977. The third kappa shape index (κ3) is 8.55. The van der Waals surface area contributed by atoms with Gasteiger partial charge in [-0.15, -0.1) is 41.8 Å². The SMILES string of the molecule is Br.C#C[CH-]C=C(C#C)c1ccccc1.[C-]#C.[Mg+2]. The number of halogens is 1. The van der Waals surface area contributed by atoms with Crippen LogP contribution in [0.2, 0.25) is 0 Å². The van der Waals surface area contributed by atoms with Crippen LogP contribution in [-0.4, -0.2) is 23.1 Å². The Labute approximate surface area is 131 Å². The van der Waals surface area contributed by atoms with Gasteiger partial charge in [-0.2, -0.15) is 0 Å². The standard InChI is InChI=1S/C13H9.C2H.BrH.Mg/c1-3-5-9-12(4-2)13-10-7-6-8-11-13;1-2;;/h1-2,5-11H;1H;1H;/q2*-1;;+2. The second-order valence-corrected chi connectivity index (χ2v) is 2.42. The molecule has 1 rings (SSSR count). The van der Waals surface area contributed by atoms with Gasteiger partial charge in [-0.1, -0.05) is 41.5 Å². The molecule has 0 aromatic heterocycles. The van der Waals surface area contributed by atoms with E-state index in [-0.39, 0.29) is 40.0 Å². The maximum Gasteiger partial charge on any atom is 2.00 e. The van der Waals surface area contributed by atoms with Crippen molar-refractivity contribution in [1.29, 1.82) is 0 Å². The Bertz CT molecular complexity index is 416. The summed E-state index contributed by atoms with van der Waals surface area (Å²) >= 11 is 0. The molecule has 0 saturated carbocycles. The molecular formula is C15H11BrMg. The van der Waals surface area contributed by atoms with E-state index in [0.717, 1.165) is 11.1 Å². The first-order valence-electron chi connectivity index (χ1n) is 4.19. The zero-order valence-electron chi connectivity index (χ0n) is 9.39. The fourth-order valence-electron chi connectivity index (χ4n) is 0.977. The summed E-state index contributed by atoms with van der Waals surface area (Å²) in [6.45, 7) is 0. The van der Waals surface area contributed by atoms with Crippen LogP contribution in [-0.2, 0) is 0 Å². The Morgan fingerprint density at radius 1 is 1.18 bits per heavy atom. The molecule has 0 spiro atoms. The zero-order valence-corrected chi connectivity index (χ0v) is 12.5. The van der Waals surface area contributed by atoms with Crippen LogP contribution in [0.4, 0.5) is 0 Å². The van der Waals surface area contributed by atoms with Crippen LogP contribution < -0.4 is 0 Å². The maximum absolute atomic E-state index is 5.34. The van der Waals surface area contributed by atoms with Crippen LogP contribution >= 0.6 is 17.0 Å². The third-order valence-electron chi connectivity index (χ3n) is 1.59. The molecule has 0 nitrogen and oxygen atoms in total. The molecule has 0 aliphatic carbocycles. The summed E-state index contributed by atoms with van der Waals surface area (Å²) in [5, 5.41) is 0. The Morgan fingerprint density at radius 3 is 2.12 bits per heavy atom. The normalized spacial score (nSPS) is 7.65. The van der Waals surface area contributed by atoms with E-state index in [2.05, 4.69) is 18.3 Å². The van der Waals surface area contributed by atoms with E-state index < -0.39 is 0 Å². The molecule has 0 aliphatic heterocycles. The summed E-state index contributed by atoms with van der Waals surface area (Å²) in [6.07, 6.45) is 22.8. The van der Waals surface area contributed by atoms with Crippen molar-refractivity contribution in [2.45, 2.75) is 0 Å². The molecule has 1 aromatic rings. The van der Waals surface area contributed by atoms with Gasteiger partial charge in [0.05, 0.1) is 0 Å². The van der Waals surface area contributed by atoms with Gasteiger partial charge in [-0.25, -0.2) is 5.92 Å². The molecule has 0 bridgehead atoms. The summed E-state index contributed by atoms with van der Waals surface area (Å²) in [4.78, 5) is 0. The van der Waals surface area contributed by atoms with Gasteiger partial charge in [0.1, 0.15) is 0 Å². The van der Waals surface area contributed by atoms with Crippen LogP contribution in [0.1, 0.15) is 5.56 Å². The van der Waals surface area contributed by atoms with Crippen LogP contribution in [0.5, 0.6) is 0 Å². The molecule has 2 heteroatoms. The van der Waals surface area contributed by atoms with Crippen molar-refractivity contribution >= 4 is 45.6 Å². The van der Waals surface area contributed by atoms with E-state index in [1.807, 2.05) is 30.3 Å². The van der Waals surface area contributed by atoms with E-state index in [1.165, 1.54) is 0 Å². The number of terminal acetylenes is 3. The van der Waals surface area contributed by atoms with Gasteiger partial charge in [0, 0.05) is 0 Å². The van der Waals surface area contributed by atoms with Crippen molar-refractivity contribution in [2.75, 3.05) is 0 Å². The topological polar surface area (TPSA) is 0 Å². The molecule has 0 fully saturated rings. The molecule has 0 saturated heterocycles. The van der Waals surface area contributed by atoms with E-state index in [0.29, 0.717) is 0 Å². The van der Waals surface area contributed by atoms with E-state index in [9.17, 15) is 0 Å². The van der Waals surface area contributed by atoms with Crippen molar-refractivity contribution in [3.8, 4) is 31.1 Å². The summed E-state index contributed by atoms with van der Waals surface area (Å²) in [6, 6.07) is 9.74. The van der Waals surface area contributed by atoms with E-state index in [4.69, 9.17) is 19.3 Å². The van der Waals surface area contributed by atoms with Crippen LogP contribution in [0.3, 0.4) is 0 Å². The predicted octanol–water partition coefficient (Wildman–Crippen LogP) is 2.94. The number of rotatable bonds is 2. The molecule has 17 heavy (non-hydrogen) atoms. The summed E-state index contributed by atoms with van der Waals surface area (Å²) in [5.41, 5.74) is 1.81. The molecule has 1 aromatic carbocycles. The minimum absolute atomic E-state index is 0. The monoisotopic (exact) mass is 294 g/mol. The smallest absolute Gasteiger partial charge is 0.697 e. The third-order valence-corrected chi connectivity index (χ3v) is 1.59. The van der Waals surface area contributed by atoms with Crippen LogP contribution in [0, 0.1) is 44.0 Å². The molecule has 0 N–H and O–H groups in total. The summed E-state index contributed by atoms with van der Waals surface area (Å²) in [5.74, 6) is 4.99. The second-order valence-electron chi connectivity index (χ2n) is 2.42. The van der Waals surface area contributed by atoms with Gasteiger partial charge >= 0.3 is 23.1 Å². The first-order valence-corrected chi connectivity index (χ1v) is 4.19. The number of benzene rings is 1. The van der Waals surface area contributed by atoms with Crippen LogP contribution in [0.25, 0.3) is 5.57 Å². The Hall–Kier alpha value is -1.24. The van der Waals surface area contributed by atoms with Crippen molar-refractivity contribution < 1.29 is 0 Å². The van der Waals surface area contributed by atoms with Gasteiger partial charge in [-0.3, -0.25) is 6.42 Å². The minimum atomic E-state index is 0. The average Bonchev–Trinajstić information content (AvgIpc) is 2.34. The summed E-state index contributed by atoms with van der Waals surface area (Å²) < 4.78 is 0. The average molecular weight is 295 g/mol. The largest absolute Gasteiger partial charge is 2.00 e.